The summed E-state index contributed by atoms with van der Waals surface area (Å²) in [4.78, 5) is 12.2. The lowest BCUT2D eigenvalue weighted by Gasteiger charge is -2.10. The van der Waals surface area contributed by atoms with Gasteiger partial charge in [-0.05, 0) is 31.2 Å². The van der Waals surface area contributed by atoms with E-state index in [1.54, 1.807) is 0 Å². The molecule has 0 fully saturated rings. The Hall–Kier alpha value is -2.55. The van der Waals surface area contributed by atoms with Crippen molar-refractivity contribution in [3.63, 3.8) is 0 Å². The summed E-state index contributed by atoms with van der Waals surface area (Å²) in [6.45, 7) is 2.18. The summed E-state index contributed by atoms with van der Waals surface area (Å²) in [5, 5.41) is 1.03. The minimum absolute atomic E-state index is 0.299. The van der Waals surface area contributed by atoms with Crippen LogP contribution < -0.4 is 0 Å². The zero-order valence-corrected chi connectivity index (χ0v) is 11.2. The van der Waals surface area contributed by atoms with E-state index in [-0.39, 0.29) is 5.97 Å². The van der Waals surface area contributed by atoms with E-state index in [2.05, 4.69) is 0 Å². The second-order valence-electron chi connectivity index (χ2n) is 4.48. The van der Waals surface area contributed by atoms with Crippen molar-refractivity contribution < 1.29 is 9.53 Å². The Morgan fingerprint density at radius 1 is 1.05 bits per heavy atom. The smallest absolute Gasteiger partial charge is 0.355 e. The molecule has 0 atom stereocenters. The number of nitrogens with zero attached hydrogens (tertiary/aromatic N) is 1. The number of rotatable bonds is 3. The number of ether oxygens (including phenoxy) is 1. The van der Waals surface area contributed by atoms with Gasteiger partial charge in [0.2, 0.25) is 0 Å². The molecule has 0 spiro atoms. The molecule has 3 aromatic rings. The molecule has 0 amide bonds. The summed E-state index contributed by atoms with van der Waals surface area (Å²) in [7, 11) is 0. The van der Waals surface area contributed by atoms with Gasteiger partial charge in [0.15, 0.2) is 0 Å². The predicted molar refractivity (Wildman–Crippen MR) is 79.2 cm³/mol. The van der Waals surface area contributed by atoms with Crippen LogP contribution in [0.2, 0.25) is 0 Å². The van der Waals surface area contributed by atoms with E-state index in [9.17, 15) is 4.79 Å². The number of fused-ring (bicyclic) bond motifs is 1. The summed E-state index contributed by atoms with van der Waals surface area (Å²) in [5.41, 5.74) is 2.51. The van der Waals surface area contributed by atoms with E-state index < -0.39 is 0 Å². The summed E-state index contributed by atoms with van der Waals surface area (Å²) in [6, 6.07) is 19.6. The van der Waals surface area contributed by atoms with Crippen LogP contribution in [0.15, 0.2) is 60.7 Å². The summed E-state index contributed by atoms with van der Waals surface area (Å²) < 4.78 is 7.10. The van der Waals surface area contributed by atoms with Gasteiger partial charge in [-0.2, -0.15) is 0 Å². The summed E-state index contributed by atoms with van der Waals surface area (Å²) >= 11 is 0. The first-order chi connectivity index (χ1) is 9.81. The second-order valence-corrected chi connectivity index (χ2v) is 4.48. The number of esters is 1. The Balaban J connectivity index is 2.26. The molecule has 0 aliphatic carbocycles. The maximum Gasteiger partial charge on any atom is 0.355 e. The van der Waals surface area contributed by atoms with Gasteiger partial charge in [0.05, 0.1) is 12.1 Å². The molecule has 3 rings (SSSR count). The molecule has 2 aromatic carbocycles. The monoisotopic (exact) mass is 265 g/mol. The van der Waals surface area contributed by atoms with Crippen LogP contribution in [0.1, 0.15) is 17.4 Å². The molecular formula is C17H15NO2. The lowest BCUT2D eigenvalue weighted by Crippen LogP contribution is -2.10. The third-order valence-electron chi connectivity index (χ3n) is 3.21. The first kappa shape index (κ1) is 12.5. The largest absolute Gasteiger partial charge is 0.461 e. The van der Waals surface area contributed by atoms with Crippen LogP contribution in [0, 0.1) is 0 Å². The summed E-state index contributed by atoms with van der Waals surface area (Å²) in [5.74, 6) is -0.299. The van der Waals surface area contributed by atoms with Crippen molar-refractivity contribution in [3.8, 4) is 5.69 Å². The Bertz CT molecular complexity index is 744. The van der Waals surface area contributed by atoms with Crippen LogP contribution in [0.5, 0.6) is 0 Å². The average Bonchev–Trinajstić information content (AvgIpc) is 2.88. The van der Waals surface area contributed by atoms with Gasteiger partial charge >= 0.3 is 5.97 Å². The second kappa shape index (κ2) is 5.21. The average molecular weight is 265 g/mol. The minimum atomic E-state index is -0.299. The highest BCUT2D eigenvalue weighted by molar-refractivity contribution is 5.97. The zero-order chi connectivity index (χ0) is 13.9. The van der Waals surface area contributed by atoms with Crippen molar-refractivity contribution in [3.05, 3.63) is 66.4 Å². The van der Waals surface area contributed by atoms with Crippen LogP contribution in [0.25, 0.3) is 16.6 Å². The molecule has 0 N–H and O–H groups in total. The molecule has 0 unspecified atom stereocenters. The van der Waals surface area contributed by atoms with E-state index in [1.807, 2.05) is 72.2 Å². The van der Waals surface area contributed by atoms with Crippen molar-refractivity contribution in [2.24, 2.45) is 0 Å². The Labute approximate surface area is 117 Å². The quantitative estimate of drug-likeness (QED) is 0.674. The van der Waals surface area contributed by atoms with Crippen LogP contribution >= 0.6 is 0 Å². The van der Waals surface area contributed by atoms with Crippen molar-refractivity contribution in [1.29, 1.82) is 0 Å². The lowest BCUT2D eigenvalue weighted by atomic mass is 10.2. The fraction of sp³-hybridized carbons (Fsp3) is 0.118. The number of para-hydroxylation sites is 2. The number of carbonyl (C=O) groups is 1. The fourth-order valence-corrected chi connectivity index (χ4v) is 2.37. The van der Waals surface area contributed by atoms with Gasteiger partial charge in [-0.15, -0.1) is 0 Å². The van der Waals surface area contributed by atoms with Crippen LogP contribution in [0.3, 0.4) is 0 Å². The zero-order valence-electron chi connectivity index (χ0n) is 11.2. The Kier molecular flexibility index (Phi) is 3.25. The topological polar surface area (TPSA) is 31.2 Å². The first-order valence-electron chi connectivity index (χ1n) is 6.64. The van der Waals surface area contributed by atoms with E-state index in [0.717, 1.165) is 16.6 Å². The maximum atomic E-state index is 12.2. The number of carbonyl (C=O) groups excluding carboxylic acids is 1. The van der Waals surface area contributed by atoms with Crippen molar-refractivity contribution in [2.45, 2.75) is 6.92 Å². The highest BCUT2D eigenvalue weighted by Crippen LogP contribution is 2.24. The predicted octanol–water partition coefficient (Wildman–Crippen LogP) is 3.81. The van der Waals surface area contributed by atoms with Crippen LogP contribution in [0.4, 0.5) is 0 Å². The van der Waals surface area contributed by atoms with Crippen molar-refractivity contribution in [2.75, 3.05) is 6.61 Å². The van der Waals surface area contributed by atoms with Crippen molar-refractivity contribution >= 4 is 16.9 Å². The van der Waals surface area contributed by atoms with Gasteiger partial charge in [0, 0.05) is 11.1 Å². The molecule has 0 radical (unpaired) electrons. The number of hydrogen-bond donors (Lipinski definition) is 0. The molecule has 0 aliphatic heterocycles. The van der Waals surface area contributed by atoms with Gasteiger partial charge in [0.25, 0.3) is 0 Å². The van der Waals surface area contributed by atoms with Gasteiger partial charge in [-0.3, -0.25) is 0 Å². The maximum absolute atomic E-state index is 12.2. The van der Waals surface area contributed by atoms with E-state index in [1.165, 1.54) is 0 Å². The molecular weight excluding hydrogens is 250 g/mol. The highest BCUT2D eigenvalue weighted by atomic mass is 16.5. The first-order valence-corrected chi connectivity index (χ1v) is 6.64. The SMILES string of the molecule is CCOC(=O)c1cc2ccccc2n1-c1ccccc1. The molecule has 100 valence electrons. The molecule has 0 bridgehead atoms. The molecule has 1 heterocycles. The molecule has 1 aromatic heterocycles. The number of hydrogen-bond acceptors (Lipinski definition) is 2. The third-order valence-corrected chi connectivity index (χ3v) is 3.21. The van der Waals surface area contributed by atoms with Gasteiger partial charge in [0.1, 0.15) is 5.69 Å². The fourth-order valence-electron chi connectivity index (χ4n) is 2.37. The van der Waals surface area contributed by atoms with E-state index in [4.69, 9.17) is 4.74 Å². The Morgan fingerprint density at radius 3 is 2.50 bits per heavy atom. The lowest BCUT2D eigenvalue weighted by molar-refractivity contribution is 0.0517. The third kappa shape index (κ3) is 2.07. The summed E-state index contributed by atoms with van der Waals surface area (Å²) in [6.07, 6.45) is 0. The molecule has 3 heteroatoms. The molecule has 0 saturated carbocycles. The van der Waals surface area contributed by atoms with E-state index >= 15 is 0 Å². The normalized spacial score (nSPS) is 10.7. The molecule has 0 saturated heterocycles. The highest BCUT2D eigenvalue weighted by Gasteiger charge is 2.17. The van der Waals surface area contributed by atoms with Gasteiger partial charge < -0.3 is 9.30 Å². The van der Waals surface area contributed by atoms with Crippen LogP contribution in [-0.4, -0.2) is 17.1 Å². The van der Waals surface area contributed by atoms with Gasteiger partial charge in [-0.25, -0.2) is 4.79 Å². The standard InChI is InChI=1S/C17H15NO2/c1-2-20-17(19)16-12-13-8-6-7-11-15(13)18(16)14-9-4-3-5-10-14/h3-12H,2H2,1H3. The van der Waals surface area contributed by atoms with Crippen LogP contribution in [-0.2, 0) is 4.74 Å². The van der Waals surface area contributed by atoms with Gasteiger partial charge in [-0.1, -0.05) is 36.4 Å². The minimum Gasteiger partial charge on any atom is -0.461 e. The Morgan fingerprint density at radius 2 is 1.75 bits per heavy atom. The number of benzene rings is 2. The number of aromatic nitrogens is 1. The molecule has 0 aliphatic rings. The van der Waals surface area contributed by atoms with Crippen molar-refractivity contribution in [1.82, 2.24) is 4.57 Å². The molecule has 3 nitrogen and oxygen atoms in total. The van der Waals surface area contributed by atoms with E-state index in [0.29, 0.717) is 12.3 Å². The molecule has 20 heavy (non-hydrogen) atoms.